The summed E-state index contributed by atoms with van der Waals surface area (Å²) < 4.78 is 38.1. The average Bonchev–Trinajstić information content (AvgIpc) is 2.80. The molecule has 0 spiro atoms. The second kappa shape index (κ2) is 9.84. The van der Waals surface area contributed by atoms with Crippen LogP contribution in [0.15, 0.2) is 54.6 Å². The van der Waals surface area contributed by atoms with Gasteiger partial charge in [0.15, 0.2) is 0 Å². The van der Waals surface area contributed by atoms with Gasteiger partial charge >= 0.3 is 0 Å². The van der Waals surface area contributed by atoms with Crippen LogP contribution in [0.2, 0.25) is 0 Å². The number of nitrogens with zero attached hydrogens (tertiary/aromatic N) is 1. The number of morpholine rings is 1. The van der Waals surface area contributed by atoms with Crippen LogP contribution in [0.25, 0.3) is 10.8 Å². The molecular weight excluding hydrogens is 418 g/mol. The lowest BCUT2D eigenvalue weighted by Gasteiger charge is -2.26. The van der Waals surface area contributed by atoms with Crippen molar-refractivity contribution in [2.24, 2.45) is 0 Å². The minimum atomic E-state index is -1.03. The number of carbonyl (C=O) groups excluding carboxylic acids is 2. The minimum absolute atomic E-state index is 0.354. The van der Waals surface area contributed by atoms with Crippen molar-refractivity contribution >= 4 is 28.2 Å². The second-order valence-corrected chi connectivity index (χ2v) is 7.40. The SMILES string of the molecule is O=C(Nc1ccc(OCCN2CCOCC2)c2ccccc12)C(=O)c1cc(F)cc(F)c1. The molecule has 166 valence electrons. The number of hydrogen-bond donors (Lipinski definition) is 1. The van der Waals surface area contributed by atoms with Crippen LogP contribution in [0.1, 0.15) is 10.4 Å². The van der Waals surface area contributed by atoms with Crippen LogP contribution in [0, 0.1) is 11.6 Å². The molecule has 0 aromatic heterocycles. The smallest absolute Gasteiger partial charge is 0.296 e. The van der Waals surface area contributed by atoms with E-state index >= 15 is 0 Å². The third-order valence-corrected chi connectivity index (χ3v) is 5.23. The normalized spacial score (nSPS) is 14.3. The molecule has 1 fully saturated rings. The predicted molar refractivity (Wildman–Crippen MR) is 116 cm³/mol. The van der Waals surface area contributed by atoms with Crippen molar-refractivity contribution in [3.8, 4) is 5.75 Å². The number of halogens is 2. The number of nitrogens with one attached hydrogen (secondary N) is 1. The molecule has 4 rings (SSSR count). The van der Waals surface area contributed by atoms with E-state index in [0.29, 0.717) is 29.5 Å². The molecule has 3 aromatic rings. The van der Waals surface area contributed by atoms with Crippen molar-refractivity contribution in [2.75, 3.05) is 44.8 Å². The molecule has 1 aliphatic rings. The highest BCUT2D eigenvalue weighted by Gasteiger charge is 2.20. The van der Waals surface area contributed by atoms with Gasteiger partial charge in [0.1, 0.15) is 24.0 Å². The van der Waals surface area contributed by atoms with Gasteiger partial charge in [0.05, 0.1) is 13.2 Å². The monoisotopic (exact) mass is 440 g/mol. The Kier molecular flexibility index (Phi) is 6.72. The lowest BCUT2D eigenvalue weighted by atomic mass is 10.1. The van der Waals surface area contributed by atoms with E-state index in [4.69, 9.17) is 9.47 Å². The fourth-order valence-electron chi connectivity index (χ4n) is 3.61. The van der Waals surface area contributed by atoms with E-state index in [1.165, 1.54) is 0 Å². The maximum atomic E-state index is 13.4. The van der Waals surface area contributed by atoms with Crippen molar-refractivity contribution in [3.63, 3.8) is 0 Å². The summed E-state index contributed by atoms with van der Waals surface area (Å²) in [5.41, 5.74) is 0.0451. The first-order valence-electron chi connectivity index (χ1n) is 10.3. The molecule has 0 saturated carbocycles. The van der Waals surface area contributed by atoms with Gasteiger partial charge in [0, 0.05) is 47.7 Å². The van der Waals surface area contributed by atoms with E-state index in [1.807, 2.05) is 12.1 Å². The van der Waals surface area contributed by atoms with Crippen molar-refractivity contribution in [3.05, 3.63) is 71.8 Å². The van der Waals surface area contributed by atoms with Crippen molar-refractivity contribution < 1.29 is 27.8 Å². The van der Waals surface area contributed by atoms with E-state index in [0.717, 1.165) is 50.4 Å². The van der Waals surface area contributed by atoms with Crippen LogP contribution in [0.4, 0.5) is 14.5 Å². The van der Waals surface area contributed by atoms with Crippen molar-refractivity contribution in [1.29, 1.82) is 0 Å². The Morgan fingerprint density at radius 3 is 2.38 bits per heavy atom. The topological polar surface area (TPSA) is 67.9 Å². The van der Waals surface area contributed by atoms with Gasteiger partial charge in [-0.25, -0.2) is 8.78 Å². The standard InChI is InChI=1S/C24H22F2N2O4/c25-17-13-16(14-18(26)15-17)23(29)24(30)27-21-5-6-22(20-4-2-1-3-19(20)21)32-12-9-28-7-10-31-11-8-28/h1-6,13-15H,7-12H2,(H,27,30). The molecule has 6 nitrogen and oxygen atoms in total. The first-order chi connectivity index (χ1) is 15.5. The van der Waals surface area contributed by atoms with Crippen LogP contribution in [-0.4, -0.2) is 56.0 Å². The summed E-state index contributed by atoms with van der Waals surface area (Å²) in [6.07, 6.45) is 0. The lowest BCUT2D eigenvalue weighted by molar-refractivity contribution is -0.112. The Bertz CT molecular complexity index is 1130. The third kappa shape index (κ3) is 5.09. The van der Waals surface area contributed by atoms with Gasteiger partial charge in [-0.2, -0.15) is 0 Å². The molecule has 0 unspecified atom stereocenters. The van der Waals surface area contributed by atoms with E-state index in [9.17, 15) is 18.4 Å². The van der Waals surface area contributed by atoms with Crippen LogP contribution < -0.4 is 10.1 Å². The van der Waals surface area contributed by atoms with Gasteiger partial charge in [0.2, 0.25) is 0 Å². The predicted octanol–water partition coefficient (Wildman–Crippen LogP) is 3.65. The average molecular weight is 440 g/mol. The number of benzene rings is 3. The highest BCUT2D eigenvalue weighted by Crippen LogP contribution is 2.31. The summed E-state index contributed by atoms with van der Waals surface area (Å²) in [6, 6.07) is 13.0. The Balaban J connectivity index is 1.49. The van der Waals surface area contributed by atoms with Gasteiger partial charge in [-0.05, 0) is 24.3 Å². The minimum Gasteiger partial charge on any atom is -0.492 e. The Morgan fingerprint density at radius 1 is 0.969 bits per heavy atom. The van der Waals surface area contributed by atoms with Crippen molar-refractivity contribution in [1.82, 2.24) is 4.90 Å². The summed E-state index contributed by atoms with van der Waals surface area (Å²) in [5.74, 6) is -3.21. The molecule has 1 heterocycles. The molecule has 1 saturated heterocycles. The third-order valence-electron chi connectivity index (χ3n) is 5.23. The highest BCUT2D eigenvalue weighted by atomic mass is 19.1. The molecule has 32 heavy (non-hydrogen) atoms. The number of carbonyl (C=O) groups is 2. The first kappa shape index (κ1) is 21.9. The molecule has 0 atom stereocenters. The van der Waals surface area contributed by atoms with Gasteiger partial charge < -0.3 is 14.8 Å². The zero-order valence-corrected chi connectivity index (χ0v) is 17.3. The quantitative estimate of drug-likeness (QED) is 0.449. The summed E-state index contributed by atoms with van der Waals surface area (Å²) in [4.78, 5) is 27.1. The number of ether oxygens (including phenoxy) is 2. The molecule has 1 aliphatic heterocycles. The largest absolute Gasteiger partial charge is 0.492 e. The van der Waals surface area contributed by atoms with Gasteiger partial charge in [-0.15, -0.1) is 0 Å². The number of hydrogen-bond acceptors (Lipinski definition) is 5. The zero-order chi connectivity index (χ0) is 22.5. The number of anilines is 1. The number of Topliss-reactive ketones (excluding diaryl/α,β-unsaturated/α-hetero) is 1. The Hall–Kier alpha value is -3.36. The summed E-state index contributed by atoms with van der Waals surface area (Å²) in [7, 11) is 0. The van der Waals surface area contributed by atoms with Crippen LogP contribution >= 0.6 is 0 Å². The molecule has 8 heteroatoms. The number of fused-ring (bicyclic) bond motifs is 1. The molecule has 0 bridgehead atoms. The van der Waals surface area contributed by atoms with Gasteiger partial charge in [-0.3, -0.25) is 14.5 Å². The second-order valence-electron chi connectivity index (χ2n) is 7.40. The lowest BCUT2D eigenvalue weighted by Crippen LogP contribution is -2.38. The molecule has 1 amide bonds. The van der Waals surface area contributed by atoms with Crippen LogP contribution in [0.3, 0.4) is 0 Å². The van der Waals surface area contributed by atoms with Gasteiger partial charge in [0.25, 0.3) is 11.7 Å². The maximum Gasteiger partial charge on any atom is 0.296 e. The number of rotatable bonds is 7. The number of ketones is 1. The van der Waals surface area contributed by atoms with Crippen molar-refractivity contribution in [2.45, 2.75) is 0 Å². The Labute approximate surface area is 183 Å². The molecule has 1 N–H and O–H groups in total. The molecular formula is C24H22F2N2O4. The Morgan fingerprint density at radius 2 is 1.66 bits per heavy atom. The highest BCUT2D eigenvalue weighted by molar-refractivity contribution is 6.47. The molecule has 3 aromatic carbocycles. The summed E-state index contributed by atoms with van der Waals surface area (Å²) >= 11 is 0. The fourth-order valence-corrected chi connectivity index (χ4v) is 3.61. The van der Waals surface area contributed by atoms with Crippen LogP contribution in [-0.2, 0) is 9.53 Å². The van der Waals surface area contributed by atoms with E-state index in [1.54, 1.807) is 24.3 Å². The summed E-state index contributed by atoms with van der Waals surface area (Å²) in [6.45, 7) is 4.46. The van der Waals surface area contributed by atoms with E-state index < -0.39 is 23.3 Å². The zero-order valence-electron chi connectivity index (χ0n) is 17.3. The fraction of sp³-hybridized carbons (Fsp3) is 0.250. The first-order valence-corrected chi connectivity index (χ1v) is 10.3. The molecule has 0 aliphatic carbocycles. The maximum absolute atomic E-state index is 13.4. The molecule has 0 radical (unpaired) electrons. The van der Waals surface area contributed by atoms with Gasteiger partial charge in [-0.1, -0.05) is 24.3 Å². The van der Waals surface area contributed by atoms with Crippen LogP contribution in [0.5, 0.6) is 5.75 Å². The van der Waals surface area contributed by atoms with E-state index in [2.05, 4.69) is 10.2 Å². The van der Waals surface area contributed by atoms with E-state index in [-0.39, 0.29) is 5.56 Å². The summed E-state index contributed by atoms with van der Waals surface area (Å²) in [5, 5.41) is 4.00. The number of amides is 1.